The lowest BCUT2D eigenvalue weighted by molar-refractivity contribution is -0.133. The molecule has 1 saturated carbocycles. The van der Waals surface area contributed by atoms with Gasteiger partial charge in [-0.25, -0.2) is 9.37 Å². The molecule has 2 aromatic rings. The Morgan fingerprint density at radius 2 is 1.97 bits per heavy atom. The van der Waals surface area contributed by atoms with E-state index < -0.39 is 5.82 Å². The summed E-state index contributed by atoms with van der Waals surface area (Å²) in [7, 11) is 0. The van der Waals surface area contributed by atoms with Gasteiger partial charge >= 0.3 is 0 Å². The highest BCUT2D eigenvalue weighted by atomic mass is 19.1. The Balaban J connectivity index is 1.33. The standard InChI is InChI=1S/C22H23FN4O3/c23-16-3-1-2-14(10-16)22(30)26-8-6-15(11-26)19-24-18-12-27(21(29)13-4-5-13)9-7-17(18)20(28)25-19/h1-3,10,13,15H,4-9,11-12H2,(H,24,25,28)/t15-/m0/s1. The maximum absolute atomic E-state index is 13.5. The largest absolute Gasteiger partial charge is 0.338 e. The smallest absolute Gasteiger partial charge is 0.254 e. The lowest BCUT2D eigenvalue weighted by Gasteiger charge is -2.28. The molecule has 1 aromatic heterocycles. The number of aromatic amines is 1. The van der Waals surface area contributed by atoms with E-state index in [2.05, 4.69) is 4.98 Å². The molecule has 5 rings (SSSR count). The van der Waals surface area contributed by atoms with Crippen LogP contribution in [0.25, 0.3) is 0 Å². The third kappa shape index (κ3) is 3.51. The van der Waals surface area contributed by atoms with Crippen LogP contribution in [0.4, 0.5) is 4.39 Å². The van der Waals surface area contributed by atoms with Crippen LogP contribution in [0.1, 0.15) is 52.6 Å². The molecule has 0 bridgehead atoms. The van der Waals surface area contributed by atoms with Gasteiger partial charge in [0.15, 0.2) is 0 Å². The number of benzene rings is 1. The molecule has 0 unspecified atom stereocenters. The van der Waals surface area contributed by atoms with Crippen molar-refractivity contribution in [3.05, 3.63) is 63.1 Å². The molecule has 1 saturated heterocycles. The summed E-state index contributed by atoms with van der Waals surface area (Å²) in [5.74, 6) is 0.118. The summed E-state index contributed by atoms with van der Waals surface area (Å²) in [6.45, 7) is 1.88. The van der Waals surface area contributed by atoms with Gasteiger partial charge in [0.05, 0.1) is 12.2 Å². The normalized spacial score (nSPS) is 20.9. The van der Waals surface area contributed by atoms with Crippen LogP contribution in [0.3, 0.4) is 0 Å². The first-order valence-corrected chi connectivity index (χ1v) is 10.4. The lowest BCUT2D eigenvalue weighted by atomic mass is 10.0. The van der Waals surface area contributed by atoms with Crippen LogP contribution in [0.15, 0.2) is 29.1 Å². The number of amides is 2. The fourth-order valence-corrected chi connectivity index (χ4v) is 4.40. The van der Waals surface area contributed by atoms with E-state index in [-0.39, 0.29) is 29.2 Å². The molecule has 1 aliphatic carbocycles. The molecule has 8 heteroatoms. The predicted molar refractivity (Wildman–Crippen MR) is 106 cm³/mol. The highest BCUT2D eigenvalue weighted by molar-refractivity contribution is 5.94. The maximum Gasteiger partial charge on any atom is 0.254 e. The van der Waals surface area contributed by atoms with Crippen molar-refractivity contribution < 1.29 is 14.0 Å². The molecular formula is C22H23FN4O3. The molecule has 2 amide bonds. The Morgan fingerprint density at radius 3 is 2.73 bits per heavy atom. The Labute approximate surface area is 172 Å². The summed E-state index contributed by atoms with van der Waals surface area (Å²) in [6.07, 6.45) is 3.10. The Bertz CT molecular complexity index is 1080. The van der Waals surface area contributed by atoms with Crippen LogP contribution in [-0.4, -0.2) is 51.2 Å². The number of carbonyl (C=O) groups is 2. The van der Waals surface area contributed by atoms with Crippen LogP contribution < -0.4 is 5.56 Å². The van der Waals surface area contributed by atoms with E-state index >= 15 is 0 Å². The van der Waals surface area contributed by atoms with Gasteiger partial charge in [0, 0.05) is 42.6 Å². The second-order valence-electron chi connectivity index (χ2n) is 8.41. The highest BCUT2D eigenvalue weighted by Gasteiger charge is 2.36. The monoisotopic (exact) mass is 410 g/mol. The zero-order valence-corrected chi connectivity index (χ0v) is 16.6. The van der Waals surface area contributed by atoms with Gasteiger partial charge in [-0.05, 0) is 43.9 Å². The zero-order valence-electron chi connectivity index (χ0n) is 16.6. The number of rotatable bonds is 3. The molecule has 3 heterocycles. The topological polar surface area (TPSA) is 86.4 Å². The molecule has 1 N–H and O–H groups in total. The minimum Gasteiger partial charge on any atom is -0.338 e. The van der Waals surface area contributed by atoms with Gasteiger partial charge in [-0.2, -0.15) is 0 Å². The van der Waals surface area contributed by atoms with Crippen molar-refractivity contribution in [1.82, 2.24) is 19.8 Å². The Morgan fingerprint density at radius 1 is 1.13 bits per heavy atom. The van der Waals surface area contributed by atoms with Crippen LogP contribution >= 0.6 is 0 Å². The number of likely N-dealkylation sites (tertiary alicyclic amines) is 1. The zero-order chi connectivity index (χ0) is 20.8. The van der Waals surface area contributed by atoms with E-state index in [1.165, 1.54) is 18.2 Å². The van der Waals surface area contributed by atoms with Crippen LogP contribution in [0.2, 0.25) is 0 Å². The molecule has 156 valence electrons. The first-order valence-electron chi connectivity index (χ1n) is 10.4. The van der Waals surface area contributed by atoms with Gasteiger partial charge in [0.2, 0.25) is 5.91 Å². The lowest BCUT2D eigenvalue weighted by Crippen LogP contribution is -2.40. The number of aromatic nitrogens is 2. The van der Waals surface area contributed by atoms with Crippen LogP contribution in [-0.2, 0) is 17.8 Å². The van der Waals surface area contributed by atoms with E-state index in [1.807, 2.05) is 4.90 Å². The molecule has 2 fully saturated rings. The van der Waals surface area contributed by atoms with Gasteiger partial charge in [0.1, 0.15) is 11.6 Å². The first kappa shape index (κ1) is 19.0. The van der Waals surface area contributed by atoms with Gasteiger partial charge in [-0.3, -0.25) is 14.4 Å². The molecule has 0 radical (unpaired) electrons. The molecule has 3 aliphatic rings. The minimum atomic E-state index is -0.442. The second kappa shape index (κ2) is 7.34. The average Bonchev–Trinajstić information content (AvgIpc) is 3.48. The van der Waals surface area contributed by atoms with Crippen molar-refractivity contribution in [2.24, 2.45) is 5.92 Å². The summed E-state index contributed by atoms with van der Waals surface area (Å²) < 4.78 is 13.5. The van der Waals surface area contributed by atoms with Crippen molar-refractivity contribution in [3.63, 3.8) is 0 Å². The van der Waals surface area contributed by atoms with Gasteiger partial charge < -0.3 is 14.8 Å². The van der Waals surface area contributed by atoms with Gasteiger partial charge in [-0.1, -0.05) is 6.07 Å². The third-order valence-corrected chi connectivity index (χ3v) is 6.26. The molecule has 2 aliphatic heterocycles. The van der Waals surface area contributed by atoms with Crippen molar-refractivity contribution in [3.8, 4) is 0 Å². The average molecular weight is 410 g/mol. The van der Waals surface area contributed by atoms with E-state index in [4.69, 9.17) is 4.98 Å². The van der Waals surface area contributed by atoms with Gasteiger partial charge in [0.25, 0.3) is 11.5 Å². The van der Waals surface area contributed by atoms with E-state index in [0.717, 1.165) is 12.8 Å². The van der Waals surface area contributed by atoms with E-state index in [1.54, 1.807) is 11.0 Å². The number of nitrogens with zero attached hydrogens (tertiary/aromatic N) is 3. The van der Waals surface area contributed by atoms with Crippen molar-refractivity contribution in [2.45, 2.75) is 38.1 Å². The quantitative estimate of drug-likeness (QED) is 0.837. The number of nitrogens with one attached hydrogen (secondary N) is 1. The molecule has 0 spiro atoms. The van der Waals surface area contributed by atoms with E-state index in [0.29, 0.717) is 61.7 Å². The predicted octanol–water partition coefficient (Wildman–Crippen LogP) is 1.83. The summed E-state index contributed by atoms with van der Waals surface area (Å²) in [5.41, 5.74) is 1.49. The molecular weight excluding hydrogens is 387 g/mol. The SMILES string of the molecule is O=C(c1cccc(F)c1)N1CC[C@H](c2nc3c(c(=O)[nH]2)CCN(C(=O)C2CC2)C3)C1. The fourth-order valence-electron chi connectivity index (χ4n) is 4.40. The van der Waals surface area contributed by atoms with Crippen molar-refractivity contribution in [2.75, 3.05) is 19.6 Å². The minimum absolute atomic E-state index is 0.0879. The molecule has 7 nitrogen and oxygen atoms in total. The summed E-state index contributed by atoms with van der Waals surface area (Å²) >= 11 is 0. The number of H-pyrrole nitrogens is 1. The summed E-state index contributed by atoms with van der Waals surface area (Å²) in [4.78, 5) is 48.8. The summed E-state index contributed by atoms with van der Waals surface area (Å²) in [5, 5.41) is 0. The van der Waals surface area contributed by atoms with Crippen molar-refractivity contribution in [1.29, 1.82) is 0 Å². The highest BCUT2D eigenvalue weighted by Crippen LogP contribution is 2.32. The Hall–Kier alpha value is -3.03. The second-order valence-corrected chi connectivity index (χ2v) is 8.41. The van der Waals surface area contributed by atoms with Crippen molar-refractivity contribution >= 4 is 11.8 Å². The first-order chi connectivity index (χ1) is 14.5. The number of fused-ring (bicyclic) bond motifs is 1. The van der Waals surface area contributed by atoms with E-state index in [9.17, 15) is 18.8 Å². The molecule has 1 atom stereocenters. The third-order valence-electron chi connectivity index (χ3n) is 6.26. The number of carbonyl (C=O) groups excluding carboxylic acids is 2. The Kier molecular flexibility index (Phi) is 4.64. The van der Waals surface area contributed by atoms with Crippen LogP contribution in [0.5, 0.6) is 0 Å². The summed E-state index contributed by atoms with van der Waals surface area (Å²) in [6, 6.07) is 5.67. The van der Waals surface area contributed by atoms with Gasteiger partial charge in [-0.15, -0.1) is 0 Å². The fraction of sp³-hybridized carbons (Fsp3) is 0.455. The number of halogens is 1. The maximum atomic E-state index is 13.5. The number of hydrogen-bond acceptors (Lipinski definition) is 4. The molecule has 30 heavy (non-hydrogen) atoms. The van der Waals surface area contributed by atoms with Crippen LogP contribution in [0, 0.1) is 11.7 Å². The molecule has 1 aromatic carbocycles. The number of hydrogen-bond donors (Lipinski definition) is 1.